The Morgan fingerprint density at radius 3 is 3.04 bits per heavy atom. The molecule has 0 bridgehead atoms. The van der Waals surface area contributed by atoms with Gasteiger partial charge in [-0.2, -0.15) is 0 Å². The lowest BCUT2D eigenvalue weighted by Crippen LogP contribution is -2.48. The van der Waals surface area contributed by atoms with Crippen LogP contribution in [0.5, 0.6) is 0 Å². The minimum atomic E-state index is -0.174. The summed E-state index contributed by atoms with van der Waals surface area (Å²) in [5, 5.41) is 3.07. The van der Waals surface area contributed by atoms with Crippen LogP contribution in [0.3, 0.4) is 0 Å². The van der Waals surface area contributed by atoms with E-state index in [2.05, 4.69) is 15.2 Å². The molecular formula is C17H23N3O3. The molecule has 6 heteroatoms. The van der Waals surface area contributed by atoms with Crippen molar-refractivity contribution in [2.24, 2.45) is 0 Å². The van der Waals surface area contributed by atoms with Gasteiger partial charge < -0.3 is 14.8 Å². The Kier molecular flexibility index (Phi) is 5.12. The number of hydrogen-bond acceptors (Lipinski definition) is 5. The summed E-state index contributed by atoms with van der Waals surface area (Å²) in [5.74, 6) is 0.708. The highest BCUT2D eigenvalue weighted by Crippen LogP contribution is 2.16. The van der Waals surface area contributed by atoms with Gasteiger partial charge in [0.25, 0.3) is 5.91 Å². The molecule has 0 spiro atoms. The van der Waals surface area contributed by atoms with E-state index in [1.54, 1.807) is 6.92 Å². The fourth-order valence-electron chi connectivity index (χ4n) is 3.02. The third-order valence-corrected chi connectivity index (χ3v) is 4.13. The van der Waals surface area contributed by atoms with Crippen molar-refractivity contribution >= 4 is 5.91 Å². The fraction of sp³-hybridized carbons (Fsp3) is 0.529. The molecule has 1 fully saturated rings. The lowest BCUT2D eigenvalue weighted by molar-refractivity contribution is -0.123. The van der Waals surface area contributed by atoms with Crippen molar-refractivity contribution in [1.29, 1.82) is 0 Å². The summed E-state index contributed by atoms with van der Waals surface area (Å²) < 4.78 is 10.8. The molecule has 23 heavy (non-hydrogen) atoms. The molecule has 6 nitrogen and oxygen atoms in total. The number of nitrogens with zero attached hydrogens (tertiary/aromatic N) is 2. The highest BCUT2D eigenvalue weighted by Gasteiger charge is 2.26. The third-order valence-electron chi connectivity index (χ3n) is 4.13. The van der Waals surface area contributed by atoms with Gasteiger partial charge in [0.2, 0.25) is 5.76 Å². The van der Waals surface area contributed by atoms with E-state index in [0.29, 0.717) is 24.7 Å². The maximum atomic E-state index is 12.3. The molecular weight excluding hydrogens is 294 g/mol. The summed E-state index contributed by atoms with van der Waals surface area (Å²) >= 11 is 0. The first-order valence-corrected chi connectivity index (χ1v) is 8.12. The van der Waals surface area contributed by atoms with E-state index in [4.69, 9.17) is 9.47 Å². The Balaban J connectivity index is 1.55. The minimum Gasteiger partial charge on any atom is -0.491 e. The first-order valence-electron chi connectivity index (χ1n) is 8.12. The molecule has 0 radical (unpaired) electrons. The summed E-state index contributed by atoms with van der Waals surface area (Å²) in [5.41, 5.74) is 1.06. The maximum absolute atomic E-state index is 12.3. The van der Waals surface area contributed by atoms with Crippen molar-refractivity contribution in [1.82, 2.24) is 15.2 Å². The summed E-state index contributed by atoms with van der Waals surface area (Å²) in [6, 6.07) is 6.08. The van der Waals surface area contributed by atoms with E-state index in [1.807, 2.05) is 24.4 Å². The number of nitrogens with one attached hydrogen (secondary N) is 1. The first-order chi connectivity index (χ1) is 11.2. The molecule has 1 N–H and O–H groups in total. The number of pyridine rings is 1. The van der Waals surface area contributed by atoms with Gasteiger partial charge in [0.15, 0.2) is 0 Å². The van der Waals surface area contributed by atoms with Crippen molar-refractivity contribution < 1.29 is 14.3 Å². The van der Waals surface area contributed by atoms with E-state index in [1.165, 1.54) is 0 Å². The van der Waals surface area contributed by atoms with Gasteiger partial charge in [-0.25, -0.2) is 0 Å². The monoisotopic (exact) mass is 317 g/mol. The fourth-order valence-corrected chi connectivity index (χ4v) is 3.02. The number of aromatic nitrogens is 1. The molecule has 0 aromatic carbocycles. The van der Waals surface area contributed by atoms with Crippen LogP contribution >= 0.6 is 0 Å². The van der Waals surface area contributed by atoms with Crippen molar-refractivity contribution in [3.05, 3.63) is 41.6 Å². The van der Waals surface area contributed by atoms with Crippen LogP contribution in [0.1, 0.15) is 25.5 Å². The Morgan fingerprint density at radius 1 is 1.39 bits per heavy atom. The second kappa shape index (κ2) is 7.46. The number of rotatable bonds is 4. The first kappa shape index (κ1) is 15.8. The van der Waals surface area contributed by atoms with Crippen LogP contribution in [-0.4, -0.2) is 48.1 Å². The van der Waals surface area contributed by atoms with Crippen molar-refractivity contribution in [2.75, 3.05) is 26.3 Å². The van der Waals surface area contributed by atoms with Crippen LogP contribution in [0.2, 0.25) is 0 Å². The van der Waals surface area contributed by atoms with E-state index in [9.17, 15) is 4.79 Å². The van der Waals surface area contributed by atoms with E-state index in [-0.39, 0.29) is 11.9 Å². The number of likely N-dealkylation sites (tertiary alicyclic amines) is 1. The Morgan fingerprint density at radius 2 is 2.26 bits per heavy atom. The Hall–Kier alpha value is -2.08. The topological polar surface area (TPSA) is 63.7 Å². The molecule has 1 atom stereocenters. The maximum Gasteiger partial charge on any atom is 0.290 e. The SMILES string of the molecule is CC1=C(C(=O)NC2CCCN(Cc3ccccn3)C2)OCCO1. The summed E-state index contributed by atoms with van der Waals surface area (Å²) in [6.07, 6.45) is 3.86. The molecule has 2 aliphatic heterocycles. The molecule has 1 amide bonds. The summed E-state index contributed by atoms with van der Waals surface area (Å²) in [6.45, 7) is 5.37. The molecule has 0 aliphatic carbocycles. The number of ether oxygens (including phenoxy) is 2. The highest BCUT2D eigenvalue weighted by molar-refractivity contribution is 5.92. The highest BCUT2D eigenvalue weighted by atomic mass is 16.6. The van der Waals surface area contributed by atoms with Gasteiger partial charge in [-0.05, 0) is 38.4 Å². The Bertz CT molecular complexity index is 574. The van der Waals surface area contributed by atoms with Gasteiger partial charge in [-0.15, -0.1) is 0 Å². The van der Waals surface area contributed by atoms with Crippen LogP contribution < -0.4 is 5.32 Å². The molecule has 3 heterocycles. The predicted molar refractivity (Wildman–Crippen MR) is 85.3 cm³/mol. The van der Waals surface area contributed by atoms with Crippen LogP contribution in [0.25, 0.3) is 0 Å². The van der Waals surface area contributed by atoms with E-state index in [0.717, 1.165) is 38.2 Å². The average Bonchev–Trinajstić information content (AvgIpc) is 2.56. The van der Waals surface area contributed by atoms with Crippen LogP contribution in [0.15, 0.2) is 35.9 Å². The molecule has 0 saturated carbocycles. The van der Waals surface area contributed by atoms with E-state index >= 15 is 0 Å². The molecule has 1 saturated heterocycles. The number of carbonyl (C=O) groups is 1. The van der Waals surface area contributed by atoms with Gasteiger partial charge in [-0.1, -0.05) is 6.07 Å². The van der Waals surface area contributed by atoms with Gasteiger partial charge in [-0.3, -0.25) is 14.7 Å². The summed E-state index contributed by atoms with van der Waals surface area (Å²) in [7, 11) is 0. The van der Waals surface area contributed by atoms with Gasteiger partial charge in [0.1, 0.15) is 19.0 Å². The average molecular weight is 317 g/mol. The number of amides is 1. The molecule has 3 rings (SSSR count). The largest absolute Gasteiger partial charge is 0.491 e. The third kappa shape index (κ3) is 4.22. The van der Waals surface area contributed by atoms with Gasteiger partial charge in [0, 0.05) is 25.3 Å². The minimum absolute atomic E-state index is 0.130. The lowest BCUT2D eigenvalue weighted by atomic mass is 10.1. The lowest BCUT2D eigenvalue weighted by Gasteiger charge is -2.33. The quantitative estimate of drug-likeness (QED) is 0.910. The normalized spacial score (nSPS) is 22.2. The van der Waals surface area contributed by atoms with E-state index < -0.39 is 0 Å². The van der Waals surface area contributed by atoms with Gasteiger partial charge in [0.05, 0.1) is 5.69 Å². The Labute approximate surface area is 136 Å². The van der Waals surface area contributed by atoms with Crippen molar-refractivity contribution in [2.45, 2.75) is 32.4 Å². The van der Waals surface area contributed by atoms with Crippen molar-refractivity contribution in [3.63, 3.8) is 0 Å². The van der Waals surface area contributed by atoms with Crippen LogP contribution in [-0.2, 0) is 20.8 Å². The standard InChI is InChI=1S/C17H23N3O3/c1-13-16(23-10-9-22-13)17(21)19-15-6-4-8-20(12-15)11-14-5-2-3-7-18-14/h2-3,5,7,15H,4,6,8-12H2,1H3,(H,19,21). The second-order valence-corrected chi connectivity index (χ2v) is 5.95. The van der Waals surface area contributed by atoms with Gasteiger partial charge >= 0.3 is 0 Å². The smallest absolute Gasteiger partial charge is 0.290 e. The number of carbonyl (C=O) groups excluding carboxylic acids is 1. The predicted octanol–water partition coefficient (Wildman–Crippen LogP) is 1.44. The zero-order valence-electron chi connectivity index (χ0n) is 13.5. The van der Waals surface area contributed by atoms with Crippen molar-refractivity contribution in [3.8, 4) is 0 Å². The molecule has 1 aromatic heterocycles. The van der Waals surface area contributed by atoms with Crippen LogP contribution in [0, 0.1) is 0 Å². The zero-order valence-corrected chi connectivity index (χ0v) is 13.5. The summed E-state index contributed by atoms with van der Waals surface area (Å²) in [4.78, 5) is 19.0. The molecule has 124 valence electrons. The second-order valence-electron chi connectivity index (χ2n) is 5.95. The zero-order chi connectivity index (χ0) is 16.1. The van der Waals surface area contributed by atoms with Crippen LogP contribution in [0.4, 0.5) is 0 Å². The molecule has 2 aliphatic rings. The number of allylic oxidation sites excluding steroid dienone is 1. The number of piperidine rings is 1. The molecule has 1 unspecified atom stereocenters. The number of hydrogen-bond donors (Lipinski definition) is 1. The molecule has 1 aromatic rings.